The van der Waals surface area contributed by atoms with Gasteiger partial charge in [0.15, 0.2) is 5.16 Å². The zero-order valence-corrected chi connectivity index (χ0v) is 20.1. The third-order valence-electron chi connectivity index (χ3n) is 5.92. The fraction of sp³-hybridized carbons (Fsp3) is 0.320. The highest BCUT2D eigenvalue weighted by Gasteiger charge is 2.27. The number of morpholine rings is 1. The average Bonchev–Trinajstić information content (AvgIpc) is 3.21. The van der Waals surface area contributed by atoms with Crippen molar-refractivity contribution in [3.05, 3.63) is 58.9 Å². The van der Waals surface area contributed by atoms with Crippen LogP contribution in [0.3, 0.4) is 0 Å². The number of para-hydroxylation sites is 3. The van der Waals surface area contributed by atoms with Crippen molar-refractivity contribution in [3.63, 3.8) is 0 Å². The summed E-state index contributed by atoms with van der Waals surface area (Å²) in [4.78, 5) is 36.7. The van der Waals surface area contributed by atoms with Crippen molar-refractivity contribution in [1.82, 2.24) is 19.4 Å². The van der Waals surface area contributed by atoms with Crippen LogP contribution in [0.1, 0.15) is 13.8 Å². The number of benzene rings is 2. The molecule has 1 aliphatic rings. The molecule has 0 radical (unpaired) electrons. The Labute approximate surface area is 200 Å². The maximum Gasteiger partial charge on any atom is 0.283 e. The summed E-state index contributed by atoms with van der Waals surface area (Å²) >= 11 is 1.26. The Morgan fingerprint density at radius 3 is 2.62 bits per heavy atom. The standard InChI is InChI=1S/C25H26N4O4S/c1-15-12-28(13-16(2)33-15)21(30)14-34-25-27-22-17-8-4-5-9-18(17)26-23(22)24(31)29(25)19-10-6-7-11-20(19)32-3/h4-11,15-16,26H,12-14H2,1-3H3. The molecule has 5 rings (SSSR count). The Morgan fingerprint density at radius 1 is 1.15 bits per heavy atom. The Hall–Kier alpha value is -3.30. The molecule has 1 amide bonds. The largest absolute Gasteiger partial charge is 0.495 e. The third-order valence-corrected chi connectivity index (χ3v) is 6.84. The van der Waals surface area contributed by atoms with Crippen molar-refractivity contribution in [2.24, 2.45) is 0 Å². The number of carbonyl (C=O) groups excluding carboxylic acids is 1. The van der Waals surface area contributed by atoms with Gasteiger partial charge in [-0.3, -0.25) is 9.59 Å². The highest BCUT2D eigenvalue weighted by Crippen LogP contribution is 2.29. The van der Waals surface area contributed by atoms with E-state index in [0.29, 0.717) is 40.7 Å². The highest BCUT2D eigenvalue weighted by molar-refractivity contribution is 7.99. The number of H-pyrrole nitrogens is 1. The van der Waals surface area contributed by atoms with Crippen LogP contribution in [0.2, 0.25) is 0 Å². The van der Waals surface area contributed by atoms with E-state index in [1.165, 1.54) is 16.3 Å². The van der Waals surface area contributed by atoms with Gasteiger partial charge in [-0.1, -0.05) is 42.1 Å². The number of hydrogen-bond donors (Lipinski definition) is 1. The van der Waals surface area contributed by atoms with Crippen molar-refractivity contribution in [2.75, 3.05) is 26.0 Å². The van der Waals surface area contributed by atoms with Gasteiger partial charge in [0, 0.05) is 24.0 Å². The molecule has 1 fully saturated rings. The molecule has 8 nitrogen and oxygen atoms in total. The number of carbonyl (C=O) groups is 1. The quantitative estimate of drug-likeness (QED) is 0.348. The summed E-state index contributed by atoms with van der Waals surface area (Å²) in [6.45, 7) is 5.04. The number of thioether (sulfide) groups is 1. The maximum absolute atomic E-state index is 13.7. The maximum atomic E-state index is 13.7. The minimum Gasteiger partial charge on any atom is -0.495 e. The number of amides is 1. The zero-order valence-electron chi connectivity index (χ0n) is 19.3. The molecular weight excluding hydrogens is 452 g/mol. The monoisotopic (exact) mass is 478 g/mol. The van der Waals surface area contributed by atoms with Crippen LogP contribution in [0.15, 0.2) is 58.5 Å². The molecule has 0 aliphatic carbocycles. The first-order chi connectivity index (χ1) is 16.5. The second-order valence-corrected chi connectivity index (χ2v) is 9.39. The molecule has 2 atom stereocenters. The van der Waals surface area contributed by atoms with Gasteiger partial charge in [-0.2, -0.15) is 0 Å². The van der Waals surface area contributed by atoms with Gasteiger partial charge in [-0.25, -0.2) is 9.55 Å². The van der Waals surface area contributed by atoms with E-state index >= 15 is 0 Å². The van der Waals surface area contributed by atoms with E-state index in [1.54, 1.807) is 13.2 Å². The van der Waals surface area contributed by atoms with Crippen LogP contribution in [-0.4, -0.2) is 63.5 Å². The molecule has 0 saturated carbocycles. The normalized spacial score (nSPS) is 18.5. The Balaban J connectivity index is 1.59. The molecule has 1 saturated heterocycles. The molecule has 1 N–H and O–H groups in total. The van der Waals surface area contributed by atoms with Gasteiger partial charge in [0.1, 0.15) is 16.8 Å². The SMILES string of the molecule is COc1ccccc1-n1c(SCC(=O)N2CC(C)OC(C)C2)nc2c([nH]c3ccccc32)c1=O. The lowest BCUT2D eigenvalue weighted by atomic mass is 10.2. The Bertz CT molecular complexity index is 1420. The number of hydrogen-bond acceptors (Lipinski definition) is 6. The van der Waals surface area contributed by atoms with Crippen molar-refractivity contribution in [1.29, 1.82) is 0 Å². The van der Waals surface area contributed by atoms with E-state index in [9.17, 15) is 9.59 Å². The first kappa shape index (κ1) is 22.5. The zero-order chi connectivity index (χ0) is 23.8. The summed E-state index contributed by atoms with van der Waals surface area (Å²) in [5, 5.41) is 1.31. The predicted molar refractivity (Wildman–Crippen MR) is 133 cm³/mol. The van der Waals surface area contributed by atoms with Gasteiger partial charge in [-0.15, -0.1) is 0 Å². The number of nitrogens with one attached hydrogen (secondary N) is 1. The first-order valence-electron chi connectivity index (χ1n) is 11.2. The van der Waals surface area contributed by atoms with Crippen molar-refractivity contribution < 1.29 is 14.3 Å². The van der Waals surface area contributed by atoms with Crippen LogP contribution in [0, 0.1) is 0 Å². The number of nitrogens with zero attached hydrogens (tertiary/aromatic N) is 3. The third kappa shape index (κ3) is 4.05. The molecule has 1 aliphatic heterocycles. The molecule has 4 aromatic rings. The van der Waals surface area contributed by atoms with Gasteiger partial charge in [-0.05, 0) is 32.0 Å². The van der Waals surface area contributed by atoms with Crippen LogP contribution < -0.4 is 10.3 Å². The van der Waals surface area contributed by atoms with Gasteiger partial charge in [0.25, 0.3) is 5.56 Å². The Kier molecular flexibility index (Phi) is 6.05. The predicted octanol–water partition coefficient (Wildman–Crippen LogP) is 3.60. The summed E-state index contributed by atoms with van der Waals surface area (Å²) < 4.78 is 12.8. The van der Waals surface area contributed by atoms with E-state index in [-0.39, 0.29) is 29.4 Å². The fourth-order valence-corrected chi connectivity index (χ4v) is 5.37. The number of methoxy groups -OCH3 is 1. The second-order valence-electron chi connectivity index (χ2n) is 8.45. The van der Waals surface area contributed by atoms with Crippen LogP contribution >= 0.6 is 11.8 Å². The molecular formula is C25H26N4O4S. The fourth-order valence-electron chi connectivity index (χ4n) is 4.47. The summed E-state index contributed by atoms with van der Waals surface area (Å²) in [7, 11) is 1.57. The van der Waals surface area contributed by atoms with E-state index < -0.39 is 0 Å². The summed E-state index contributed by atoms with van der Waals surface area (Å²) in [6, 6.07) is 15.0. The van der Waals surface area contributed by atoms with Gasteiger partial charge in [0.05, 0.1) is 30.8 Å². The van der Waals surface area contributed by atoms with Gasteiger partial charge < -0.3 is 19.4 Å². The van der Waals surface area contributed by atoms with Gasteiger partial charge >= 0.3 is 0 Å². The van der Waals surface area contributed by atoms with Crippen LogP contribution in [0.25, 0.3) is 27.6 Å². The summed E-state index contributed by atoms with van der Waals surface area (Å²) in [5.74, 6) is 0.701. The molecule has 2 aromatic heterocycles. The van der Waals surface area contributed by atoms with Crippen LogP contribution in [-0.2, 0) is 9.53 Å². The number of ether oxygens (including phenoxy) is 2. The molecule has 2 unspecified atom stereocenters. The molecule has 3 heterocycles. The van der Waals surface area contributed by atoms with E-state index in [4.69, 9.17) is 14.5 Å². The van der Waals surface area contributed by atoms with E-state index in [2.05, 4.69) is 4.98 Å². The van der Waals surface area contributed by atoms with Crippen LogP contribution in [0.5, 0.6) is 5.75 Å². The molecule has 34 heavy (non-hydrogen) atoms. The summed E-state index contributed by atoms with van der Waals surface area (Å²) in [5.41, 5.74) is 2.18. The minimum atomic E-state index is -0.241. The lowest BCUT2D eigenvalue weighted by Crippen LogP contribution is -2.48. The number of rotatable bonds is 5. The van der Waals surface area contributed by atoms with Crippen molar-refractivity contribution in [2.45, 2.75) is 31.2 Å². The smallest absolute Gasteiger partial charge is 0.283 e. The summed E-state index contributed by atoms with van der Waals surface area (Å²) in [6.07, 6.45) is -0.0182. The molecule has 2 aromatic carbocycles. The van der Waals surface area contributed by atoms with Crippen molar-refractivity contribution in [3.8, 4) is 11.4 Å². The highest BCUT2D eigenvalue weighted by atomic mass is 32.2. The Morgan fingerprint density at radius 2 is 1.85 bits per heavy atom. The molecule has 9 heteroatoms. The van der Waals surface area contributed by atoms with Crippen molar-refractivity contribution >= 4 is 39.6 Å². The average molecular weight is 479 g/mol. The molecule has 0 spiro atoms. The molecule has 0 bridgehead atoms. The molecule has 176 valence electrons. The van der Waals surface area contributed by atoms with E-state index in [1.807, 2.05) is 61.2 Å². The van der Waals surface area contributed by atoms with E-state index in [0.717, 1.165) is 10.9 Å². The first-order valence-corrected chi connectivity index (χ1v) is 12.2. The lowest BCUT2D eigenvalue weighted by Gasteiger charge is -2.35. The van der Waals surface area contributed by atoms with Crippen LogP contribution in [0.4, 0.5) is 0 Å². The topological polar surface area (TPSA) is 89.4 Å². The van der Waals surface area contributed by atoms with Gasteiger partial charge in [0.2, 0.25) is 5.91 Å². The minimum absolute atomic E-state index is 0.00755. The number of aromatic amines is 1. The number of aromatic nitrogens is 3. The second kappa shape index (κ2) is 9.15. The lowest BCUT2D eigenvalue weighted by molar-refractivity contribution is -0.140. The number of fused-ring (bicyclic) bond motifs is 3.